The van der Waals surface area contributed by atoms with Gasteiger partial charge in [0.1, 0.15) is 0 Å². The summed E-state index contributed by atoms with van der Waals surface area (Å²) in [6.45, 7) is 2.15. The molecule has 5 heteroatoms. The zero-order valence-corrected chi connectivity index (χ0v) is 13.9. The van der Waals surface area contributed by atoms with Crippen LogP contribution in [-0.2, 0) is 11.4 Å². The molecule has 0 aliphatic heterocycles. The molecule has 4 atom stereocenters. The molecule has 2 unspecified atom stereocenters. The number of aliphatic hydroxyl groups is 3. The highest BCUT2D eigenvalue weighted by Crippen LogP contribution is 2.38. The Hall–Kier alpha value is -1.69. The Kier molecular flexibility index (Phi) is 6.54. The number of carboxylic acids is 1. The summed E-state index contributed by atoms with van der Waals surface area (Å²) in [7, 11) is 0. The molecule has 5 nitrogen and oxygen atoms in total. The molecule has 1 aromatic carbocycles. The van der Waals surface area contributed by atoms with Crippen molar-refractivity contribution in [3.63, 3.8) is 0 Å². The lowest BCUT2D eigenvalue weighted by atomic mass is 9.77. The van der Waals surface area contributed by atoms with Gasteiger partial charge in [-0.2, -0.15) is 0 Å². The van der Waals surface area contributed by atoms with Crippen LogP contribution in [0.4, 0.5) is 0 Å². The van der Waals surface area contributed by atoms with Crippen molar-refractivity contribution < 1.29 is 25.2 Å². The van der Waals surface area contributed by atoms with Crippen LogP contribution in [0.1, 0.15) is 55.2 Å². The molecule has 0 spiro atoms. The second-order valence-corrected chi connectivity index (χ2v) is 6.66. The van der Waals surface area contributed by atoms with E-state index in [-0.39, 0.29) is 25.4 Å². The monoisotopic (exact) mass is 334 g/mol. The highest BCUT2D eigenvalue weighted by molar-refractivity contribution is 5.67. The lowest BCUT2D eigenvalue weighted by Crippen LogP contribution is -2.22. The summed E-state index contributed by atoms with van der Waals surface area (Å²) in [4.78, 5) is 10.6. The van der Waals surface area contributed by atoms with Gasteiger partial charge in [0.25, 0.3) is 0 Å². The van der Waals surface area contributed by atoms with Gasteiger partial charge in [-0.1, -0.05) is 31.2 Å². The maximum absolute atomic E-state index is 10.6. The Balaban J connectivity index is 1.97. The van der Waals surface area contributed by atoms with Gasteiger partial charge < -0.3 is 20.4 Å². The van der Waals surface area contributed by atoms with Gasteiger partial charge in [0.05, 0.1) is 25.2 Å². The highest BCUT2D eigenvalue weighted by atomic mass is 16.4. The van der Waals surface area contributed by atoms with Crippen molar-refractivity contribution in [1.29, 1.82) is 0 Å². The molecule has 0 saturated carbocycles. The molecule has 0 saturated heterocycles. The lowest BCUT2D eigenvalue weighted by Gasteiger charge is -2.29. The molecule has 132 valence electrons. The summed E-state index contributed by atoms with van der Waals surface area (Å²) in [5, 5.41) is 37.6. The first-order valence-electron chi connectivity index (χ1n) is 8.40. The minimum Gasteiger partial charge on any atom is -0.481 e. The maximum Gasteiger partial charge on any atom is 0.305 e. The molecule has 0 aromatic heterocycles. The van der Waals surface area contributed by atoms with E-state index in [0.717, 1.165) is 17.5 Å². The van der Waals surface area contributed by atoms with Crippen LogP contribution in [0, 0.1) is 5.92 Å². The molecule has 2 rings (SSSR count). The average molecular weight is 334 g/mol. The molecule has 1 aromatic rings. The summed E-state index contributed by atoms with van der Waals surface area (Å²) >= 11 is 0. The van der Waals surface area contributed by atoms with Crippen LogP contribution < -0.4 is 0 Å². The van der Waals surface area contributed by atoms with Crippen molar-refractivity contribution >= 4 is 12.0 Å². The van der Waals surface area contributed by atoms with Gasteiger partial charge in [0.2, 0.25) is 0 Å². The smallest absolute Gasteiger partial charge is 0.305 e. The number of aliphatic hydroxyl groups excluding tert-OH is 3. The Morgan fingerprint density at radius 1 is 1.25 bits per heavy atom. The molecular weight excluding hydrogens is 308 g/mol. The largest absolute Gasteiger partial charge is 0.481 e. The predicted molar refractivity (Wildman–Crippen MR) is 91.4 cm³/mol. The first kappa shape index (κ1) is 18.6. The minimum atomic E-state index is -1.06. The predicted octanol–water partition coefficient (Wildman–Crippen LogP) is 2.29. The van der Waals surface area contributed by atoms with E-state index in [1.807, 2.05) is 18.2 Å². The molecule has 4 N–H and O–H groups in total. The maximum atomic E-state index is 10.6. The molecule has 0 bridgehead atoms. The van der Waals surface area contributed by atoms with E-state index >= 15 is 0 Å². The third-order valence-corrected chi connectivity index (χ3v) is 4.71. The highest BCUT2D eigenvalue weighted by Gasteiger charge is 2.24. The number of hydrogen-bond donors (Lipinski definition) is 4. The van der Waals surface area contributed by atoms with Gasteiger partial charge in [-0.3, -0.25) is 4.79 Å². The number of carboxylic acid groups (broad SMARTS) is 1. The van der Waals surface area contributed by atoms with Crippen LogP contribution in [-0.4, -0.2) is 38.6 Å². The second kappa shape index (κ2) is 8.42. The first-order valence-corrected chi connectivity index (χ1v) is 8.40. The number of benzene rings is 1. The summed E-state index contributed by atoms with van der Waals surface area (Å²) in [6.07, 6.45) is 3.51. The summed E-state index contributed by atoms with van der Waals surface area (Å²) in [6, 6.07) is 5.94. The Labute approximate surface area is 142 Å². The van der Waals surface area contributed by atoms with Crippen LogP contribution in [0.15, 0.2) is 24.3 Å². The average Bonchev–Trinajstić information content (AvgIpc) is 2.52. The van der Waals surface area contributed by atoms with Crippen molar-refractivity contribution in [3.8, 4) is 0 Å². The van der Waals surface area contributed by atoms with Gasteiger partial charge in [0.15, 0.2) is 0 Å². The molecule has 24 heavy (non-hydrogen) atoms. The number of hydrogen-bond acceptors (Lipinski definition) is 4. The van der Waals surface area contributed by atoms with E-state index in [2.05, 4.69) is 19.1 Å². The van der Waals surface area contributed by atoms with Crippen LogP contribution in [0.5, 0.6) is 0 Å². The fraction of sp³-hybridized carbons (Fsp3) is 0.526. The van der Waals surface area contributed by atoms with E-state index in [4.69, 9.17) is 5.11 Å². The van der Waals surface area contributed by atoms with Crippen molar-refractivity contribution in [2.75, 3.05) is 0 Å². The fourth-order valence-electron chi connectivity index (χ4n) is 3.38. The molecule has 1 aliphatic rings. The summed E-state index contributed by atoms with van der Waals surface area (Å²) in [5.41, 5.74) is 3.19. The topological polar surface area (TPSA) is 98.0 Å². The third-order valence-electron chi connectivity index (χ3n) is 4.71. The Morgan fingerprint density at radius 3 is 2.67 bits per heavy atom. The number of carbonyl (C=O) groups is 1. The molecule has 1 aliphatic carbocycles. The summed E-state index contributed by atoms with van der Waals surface area (Å²) in [5.74, 6) is -0.452. The Bertz CT molecular complexity index is 595. The van der Waals surface area contributed by atoms with Crippen LogP contribution >= 0.6 is 0 Å². The molecule has 0 radical (unpaired) electrons. The van der Waals surface area contributed by atoms with Crippen LogP contribution in [0.3, 0.4) is 0 Å². The van der Waals surface area contributed by atoms with Crippen molar-refractivity contribution in [3.05, 3.63) is 41.0 Å². The van der Waals surface area contributed by atoms with Crippen LogP contribution in [0.25, 0.3) is 6.08 Å². The van der Waals surface area contributed by atoms with Gasteiger partial charge >= 0.3 is 5.97 Å². The lowest BCUT2D eigenvalue weighted by molar-refractivity contribution is -0.139. The number of rotatable bonds is 8. The minimum absolute atomic E-state index is 0.0154. The van der Waals surface area contributed by atoms with Gasteiger partial charge in [-0.15, -0.1) is 0 Å². The Morgan fingerprint density at radius 2 is 2.00 bits per heavy atom. The second-order valence-electron chi connectivity index (χ2n) is 6.66. The SMILES string of the molecule is CC1C=Cc2cc(CO)ccc2C1CC[C@H](O)C[C@@H](O)CC(=O)O. The van der Waals surface area contributed by atoms with E-state index in [1.54, 1.807) is 0 Å². The molecule has 0 heterocycles. The third kappa shape index (κ3) is 4.90. The zero-order chi connectivity index (χ0) is 17.7. The van der Waals surface area contributed by atoms with Crippen molar-refractivity contribution in [1.82, 2.24) is 0 Å². The quantitative estimate of drug-likeness (QED) is 0.585. The van der Waals surface area contributed by atoms with Gasteiger partial charge in [-0.05, 0) is 53.9 Å². The normalized spacial score (nSPS) is 22.0. The van der Waals surface area contributed by atoms with Crippen molar-refractivity contribution in [2.24, 2.45) is 5.92 Å². The van der Waals surface area contributed by atoms with E-state index < -0.39 is 18.2 Å². The molecular formula is C19H26O5. The number of allylic oxidation sites excluding steroid dienone is 1. The first-order chi connectivity index (χ1) is 11.4. The summed E-state index contributed by atoms with van der Waals surface area (Å²) < 4.78 is 0. The standard InChI is InChI=1S/C19H26O5/c1-12-2-4-14-8-13(11-20)3-6-18(14)17(12)7-5-15(21)9-16(22)10-19(23)24/h2-4,6,8,12,15-17,20-22H,5,7,9-11H2,1H3,(H,23,24)/t12?,15-,16+,17?/m0/s1. The van der Waals surface area contributed by atoms with E-state index in [9.17, 15) is 20.1 Å². The molecule has 0 fully saturated rings. The van der Waals surface area contributed by atoms with E-state index in [1.165, 1.54) is 5.56 Å². The fourth-order valence-corrected chi connectivity index (χ4v) is 3.38. The number of fused-ring (bicyclic) bond motifs is 1. The number of aliphatic carboxylic acids is 1. The van der Waals surface area contributed by atoms with Gasteiger partial charge in [-0.25, -0.2) is 0 Å². The zero-order valence-electron chi connectivity index (χ0n) is 13.9. The molecule has 0 amide bonds. The van der Waals surface area contributed by atoms with Crippen molar-refractivity contribution in [2.45, 2.75) is 57.3 Å². The van der Waals surface area contributed by atoms with Gasteiger partial charge in [0, 0.05) is 0 Å². The van der Waals surface area contributed by atoms with Crippen LogP contribution in [0.2, 0.25) is 0 Å². The van der Waals surface area contributed by atoms with E-state index in [0.29, 0.717) is 12.3 Å².